The number of ether oxygens (including phenoxy) is 1. The summed E-state index contributed by atoms with van der Waals surface area (Å²) < 4.78 is 5.69. The summed E-state index contributed by atoms with van der Waals surface area (Å²) in [4.78, 5) is 21.0. The van der Waals surface area contributed by atoms with Crippen LogP contribution in [0, 0.1) is 18.3 Å². The molecule has 114 valence electrons. The molecule has 2 saturated heterocycles. The SMILES string of the molecule is Cc1ccnc(C(=O)N2C[C@H]3COC[C@@]3(CN(C)C)C2)c1. The number of pyridine rings is 1. The molecule has 2 aliphatic heterocycles. The minimum atomic E-state index is 0.0474. The van der Waals surface area contributed by atoms with Crippen LogP contribution in [-0.4, -0.2) is 67.6 Å². The van der Waals surface area contributed by atoms with Crippen LogP contribution >= 0.6 is 0 Å². The first-order valence-electron chi connectivity index (χ1n) is 7.45. The summed E-state index contributed by atoms with van der Waals surface area (Å²) in [7, 11) is 4.16. The summed E-state index contributed by atoms with van der Waals surface area (Å²) in [6.07, 6.45) is 1.71. The smallest absolute Gasteiger partial charge is 0.272 e. The highest BCUT2D eigenvalue weighted by Crippen LogP contribution is 2.42. The third kappa shape index (κ3) is 2.68. The molecule has 0 bridgehead atoms. The predicted molar refractivity (Wildman–Crippen MR) is 80.2 cm³/mol. The van der Waals surface area contributed by atoms with E-state index in [-0.39, 0.29) is 11.3 Å². The van der Waals surface area contributed by atoms with E-state index in [0.29, 0.717) is 11.6 Å². The molecule has 0 aromatic carbocycles. The topological polar surface area (TPSA) is 45.7 Å². The molecule has 5 nitrogen and oxygen atoms in total. The van der Waals surface area contributed by atoms with Crippen LogP contribution in [0.1, 0.15) is 16.1 Å². The van der Waals surface area contributed by atoms with E-state index < -0.39 is 0 Å². The number of likely N-dealkylation sites (tertiary alicyclic amines) is 1. The molecule has 0 saturated carbocycles. The number of amides is 1. The van der Waals surface area contributed by atoms with E-state index in [4.69, 9.17) is 4.74 Å². The van der Waals surface area contributed by atoms with Crippen molar-refractivity contribution in [1.82, 2.24) is 14.8 Å². The maximum absolute atomic E-state index is 12.7. The maximum Gasteiger partial charge on any atom is 0.272 e. The van der Waals surface area contributed by atoms with Gasteiger partial charge in [-0.15, -0.1) is 0 Å². The van der Waals surface area contributed by atoms with E-state index in [1.807, 2.05) is 24.0 Å². The zero-order chi connectivity index (χ0) is 15.0. The van der Waals surface area contributed by atoms with Crippen molar-refractivity contribution in [2.45, 2.75) is 6.92 Å². The highest BCUT2D eigenvalue weighted by Gasteiger charge is 2.52. The van der Waals surface area contributed by atoms with E-state index in [0.717, 1.165) is 38.4 Å². The van der Waals surface area contributed by atoms with Gasteiger partial charge < -0.3 is 14.5 Å². The first kappa shape index (κ1) is 14.5. The van der Waals surface area contributed by atoms with Crippen LogP contribution in [0.15, 0.2) is 18.3 Å². The molecule has 0 aliphatic carbocycles. The summed E-state index contributed by atoms with van der Waals surface area (Å²) in [5.74, 6) is 0.486. The van der Waals surface area contributed by atoms with Gasteiger partial charge in [-0.3, -0.25) is 9.78 Å². The van der Waals surface area contributed by atoms with Crippen molar-refractivity contribution >= 4 is 5.91 Å². The molecule has 3 rings (SSSR count). The summed E-state index contributed by atoms with van der Waals surface area (Å²) in [5, 5.41) is 0. The minimum absolute atomic E-state index is 0.0474. The van der Waals surface area contributed by atoms with Crippen LogP contribution in [0.4, 0.5) is 0 Å². The summed E-state index contributed by atoms with van der Waals surface area (Å²) in [6.45, 7) is 6.01. The summed E-state index contributed by atoms with van der Waals surface area (Å²) in [6, 6.07) is 3.78. The Morgan fingerprint density at radius 2 is 2.38 bits per heavy atom. The molecule has 5 heteroatoms. The van der Waals surface area contributed by atoms with Gasteiger partial charge in [-0.25, -0.2) is 0 Å². The number of aryl methyl sites for hydroxylation is 1. The lowest BCUT2D eigenvalue weighted by Crippen LogP contribution is -2.41. The molecule has 0 unspecified atom stereocenters. The van der Waals surface area contributed by atoms with Crippen molar-refractivity contribution in [2.24, 2.45) is 11.3 Å². The number of carbonyl (C=O) groups is 1. The van der Waals surface area contributed by atoms with Crippen molar-refractivity contribution in [1.29, 1.82) is 0 Å². The number of hydrogen-bond donors (Lipinski definition) is 0. The van der Waals surface area contributed by atoms with E-state index >= 15 is 0 Å². The van der Waals surface area contributed by atoms with Crippen molar-refractivity contribution in [3.05, 3.63) is 29.6 Å². The summed E-state index contributed by atoms with van der Waals surface area (Å²) >= 11 is 0. The number of nitrogens with zero attached hydrogens (tertiary/aromatic N) is 3. The second kappa shape index (κ2) is 5.39. The molecule has 0 N–H and O–H groups in total. The van der Waals surface area contributed by atoms with Gasteiger partial charge in [0.05, 0.1) is 13.2 Å². The Bertz CT molecular complexity index is 546. The van der Waals surface area contributed by atoms with Crippen LogP contribution in [0.5, 0.6) is 0 Å². The zero-order valence-electron chi connectivity index (χ0n) is 13.0. The van der Waals surface area contributed by atoms with Gasteiger partial charge in [0.25, 0.3) is 5.91 Å². The molecule has 0 spiro atoms. The Kier molecular flexibility index (Phi) is 3.71. The third-order valence-corrected chi connectivity index (χ3v) is 4.57. The summed E-state index contributed by atoms with van der Waals surface area (Å²) in [5.41, 5.74) is 1.71. The molecular weight excluding hydrogens is 266 g/mol. The van der Waals surface area contributed by atoms with Crippen molar-refractivity contribution in [3.63, 3.8) is 0 Å². The molecule has 1 aromatic heterocycles. The fraction of sp³-hybridized carbons (Fsp3) is 0.625. The van der Waals surface area contributed by atoms with Crippen molar-refractivity contribution in [2.75, 3.05) is 46.9 Å². The largest absolute Gasteiger partial charge is 0.380 e. The molecule has 3 heterocycles. The van der Waals surface area contributed by atoms with Gasteiger partial charge in [-0.1, -0.05) is 0 Å². The first-order chi connectivity index (χ1) is 10.00. The average molecular weight is 289 g/mol. The zero-order valence-corrected chi connectivity index (χ0v) is 13.0. The Morgan fingerprint density at radius 3 is 3.10 bits per heavy atom. The van der Waals surface area contributed by atoms with Gasteiger partial charge in [0, 0.05) is 37.2 Å². The van der Waals surface area contributed by atoms with Crippen LogP contribution in [0.25, 0.3) is 0 Å². The standard InChI is InChI=1S/C16H23N3O2/c1-12-4-5-17-14(6-12)15(20)19-7-13-8-21-11-16(13,10-19)9-18(2)3/h4-6,13H,7-11H2,1-3H3/t13-,16+/m0/s1. The molecule has 2 aliphatic rings. The van der Waals surface area contributed by atoms with E-state index in [1.165, 1.54) is 0 Å². The molecule has 21 heavy (non-hydrogen) atoms. The predicted octanol–water partition coefficient (Wildman–Crippen LogP) is 1.04. The van der Waals surface area contributed by atoms with Gasteiger partial charge in [-0.2, -0.15) is 0 Å². The van der Waals surface area contributed by atoms with Crippen molar-refractivity contribution in [3.8, 4) is 0 Å². The minimum Gasteiger partial charge on any atom is -0.380 e. The van der Waals surface area contributed by atoms with E-state index in [2.05, 4.69) is 24.0 Å². The normalized spacial score (nSPS) is 28.2. The number of rotatable bonds is 3. The highest BCUT2D eigenvalue weighted by molar-refractivity contribution is 5.92. The number of fused-ring (bicyclic) bond motifs is 1. The lowest BCUT2D eigenvalue weighted by atomic mass is 9.81. The lowest BCUT2D eigenvalue weighted by Gasteiger charge is -2.30. The molecule has 1 amide bonds. The molecule has 0 radical (unpaired) electrons. The number of carbonyl (C=O) groups excluding carboxylic acids is 1. The quantitative estimate of drug-likeness (QED) is 0.834. The lowest BCUT2D eigenvalue weighted by molar-refractivity contribution is 0.0691. The van der Waals surface area contributed by atoms with Gasteiger partial charge in [0.1, 0.15) is 5.69 Å². The second-order valence-corrected chi connectivity index (χ2v) is 6.72. The highest BCUT2D eigenvalue weighted by atomic mass is 16.5. The molecular formula is C16H23N3O2. The Labute approximate surface area is 125 Å². The average Bonchev–Trinajstić information content (AvgIpc) is 2.93. The molecule has 2 atom stereocenters. The van der Waals surface area contributed by atoms with Gasteiger partial charge >= 0.3 is 0 Å². The Hall–Kier alpha value is -1.46. The maximum atomic E-state index is 12.7. The third-order valence-electron chi connectivity index (χ3n) is 4.57. The fourth-order valence-electron chi connectivity index (χ4n) is 3.66. The fourth-order valence-corrected chi connectivity index (χ4v) is 3.66. The molecule has 2 fully saturated rings. The molecule has 1 aromatic rings. The second-order valence-electron chi connectivity index (χ2n) is 6.72. The number of aromatic nitrogens is 1. The van der Waals surface area contributed by atoms with Crippen LogP contribution < -0.4 is 0 Å². The van der Waals surface area contributed by atoms with Crippen molar-refractivity contribution < 1.29 is 9.53 Å². The first-order valence-corrected chi connectivity index (χ1v) is 7.45. The van der Waals surface area contributed by atoms with Gasteiger partial charge in [-0.05, 0) is 38.7 Å². The van der Waals surface area contributed by atoms with Gasteiger partial charge in [0.2, 0.25) is 0 Å². The van der Waals surface area contributed by atoms with Crippen LogP contribution in [0.3, 0.4) is 0 Å². The monoisotopic (exact) mass is 289 g/mol. The number of hydrogen-bond acceptors (Lipinski definition) is 4. The van der Waals surface area contributed by atoms with Gasteiger partial charge in [0.15, 0.2) is 0 Å². The van der Waals surface area contributed by atoms with E-state index in [9.17, 15) is 4.79 Å². The van der Waals surface area contributed by atoms with Crippen LogP contribution in [0.2, 0.25) is 0 Å². The Morgan fingerprint density at radius 1 is 1.57 bits per heavy atom. The van der Waals surface area contributed by atoms with E-state index in [1.54, 1.807) is 6.20 Å². The Balaban J connectivity index is 1.78. The van der Waals surface area contributed by atoms with Crippen LogP contribution in [-0.2, 0) is 4.74 Å².